The van der Waals surface area contributed by atoms with Crippen LogP contribution in [-0.4, -0.2) is 5.78 Å². The molecule has 116 valence electrons. The molecule has 3 rings (SSSR count). The smallest absolute Gasteiger partial charge is 0.175 e. The fraction of sp³-hybridized carbons (Fsp3) is 0.150. The van der Waals surface area contributed by atoms with Crippen LogP contribution in [0.15, 0.2) is 77.6 Å². The molecule has 23 heavy (non-hydrogen) atoms. The number of hydrogen-bond donors (Lipinski definition) is 0. The molecule has 0 bridgehead atoms. The van der Waals surface area contributed by atoms with E-state index in [1.54, 1.807) is 18.2 Å². The van der Waals surface area contributed by atoms with Crippen molar-refractivity contribution in [2.24, 2.45) is 0 Å². The van der Waals surface area contributed by atoms with Crippen LogP contribution in [0.4, 0.5) is 4.39 Å². The van der Waals surface area contributed by atoms with Gasteiger partial charge in [-0.1, -0.05) is 42.1 Å². The van der Waals surface area contributed by atoms with Gasteiger partial charge in [0.1, 0.15) is 5.82 Å². The Morgan fingerprint density at radius 2 is 1.74 bits per heavy atom. The number of allylic oxidation sites excluding steroid dienone is 2. The highest BCUT2D eigenvalue weighted by Crippen LogP contribution is 2.47. The molecule has 1 heterocycles. The number of rotatable bonds is 4. The fourth-order valence-electron chi connectivity index (χ4n) is 3.20. The zero-order valence-corrected chi connectivity index (χ0v) is 13.5. The van der Waals surface area contributed by atoms with Gasteiger partial charge < -0.3 is 0 Å². The molecule has 2 aromatic carbocycles. The Hall–Kier alpha value is -2.13. The molecule has 0 amide bonds. The summed E-state index contributed by atoms with van der Waals surface area (Å²) in [4.78, 5) is 15.2. The minimum absolute atomic E-state index is 0.0655. The lowest BCUT2D eigenvalue weighted by molar-refractivity contribution is 0.0880. The normalized spacial score (nSPS) is 15.3. The van der Waals surface area contributed by atoms with E-state index in [2.05, 4.69) is 13.2 Å². The summed E-state index contributed by atoms with van der Waals surface area (Å²) in [6, 6.07) is 12.3. The van der Waals surface area contributed by atoms with Crippen LogP contribution in [0.1, 0.15) is 28.8 Å². The molecule has 0 N–H and O–H groups in total. The molecule has 0 aromatic heterocycles. The molecule has 3 heteroatoms. The standard InChI is InChI=1S/C20H17FOS/c1-3-11-20(12-4-2)16-7-5-6-8-18(16)23-17-10-9-14(21)13-15(17)19(20)22/h3-10,13H,1-2,11-12H2. The topological polar surface area (TPSA) is 17.1 Å². The molecule has 0 saturated carbocycles. The largest absolute Gasteiger partial charge is 0.293 e. The first-order chi connectivity index (χ1) is 11.1. The predicted molar refractivity (Wildman–Crippen MR) is 92.6 cm³/mol. The number of fused-ring (bicyclic) bond motifs is 2. The highest BCUT2D eigenvalue weighted by molar-refractivity contribution is 7.99. The Balaban J connectivity index is 2.34. The van der Waals surface area contributed by atoms with Gasteiger partial charge in [0.25, 0.3) is 0 Å². The van der Waals surface area contributed by atoms with Gasteiger partial charge in [-0.15, -0.1) is 13.2 Å². The minimum atomic E-state index is -0.772. The van der Waals surface area contributed by atoms with E-state index in [1.165, 1.54) is 23.9 Å². The van der Waals surface area contributed by atoms with Crippen molar-refractivity contribution >= 4 is 17.5 Å². The van der Waals surface area contributed by atoms with Crippen molar-refractivity contribution in [3.05, 3.63) is 84.7 Å². The highest BCUT2D eigenvalue weighted by atomic mass is 32.2. The van der Waals surface area contributed by atoms with E-state index >= 15 is 0 Å². The first kappa shape index (κ1) is 15.8. The maximum absolute atomic E-state index is 13.8. The molecule has 2 aromatic rings. The quantitative estimate of drug-likeness (QED) is 0.685. The van der Waals surface area contributed by atoms with Crippen LogP contribution in [0.2, 0.25) is 0 Å². The Morgan fingerprint density at radius 1 is 1.04 bits per heavy atom. The molecule has 1 aliphatic rings. The summed E-state index contributed by atoms with van der Waals surface area (Å²) >= 11 is 1.51. The summed E-state index contributed by atoms with van der Waals surface area (Å²) in [6.45, 7) is 7.65. The lowest BCUT2D eigenvalue weighted by atomic mass is 9.70. The zero-order chi connectivity index (χ0) is 16.4. The molecule has 1 nitrogen and oxygen atoms in total. The molecule has 0 radical (unpaired) electrons. The Kier molecular flexibility index (Phi) is 4.22. The Morgan fingerprint density at radius 3 is 2.43 bits per heavy atom. The lowest BCUT2D eigenvalue weighted by Crippen LogP contribution is -2.35. The summed E-state index contributed by atoms with van der Waals surface area (Å²) < 4.78 is 13.8. The Labute approximate surface area is 139 Å². The van der Waals surface area contributed by atoms with E-state index in [1.807, 2.05) is 24.3 Å². The van der Waals surface area contributed by atoms with Crippen LogP contribution >= 0.6 is 11.8 Å². The molecule has 0 unspecified atom stereocenters. The Bertz CT molecular complexity index is 784. The maximum Gasteiger partial charge on any atom is 0.175 e. The van der Waals surface area contributed by atoms with Gasteiger partial charge >= 0.3 is 0 Å². The van der Waals surface area contributed by atoms with Gasteiger partial charge in [-0.2, -0.15) is 0 Å². The summed E-state index contributed by atoms with van der Waals surface area (Å²) in [6.07, 6.45) is 4.50. The first-order valence-electron chi connectivity index (χ1n) is 7.46. The second-order valence-electron chi connectivity index (χ2n) is 5.64. The van der Waals surface area contributed by atoms with E-state index in [0.717, 1.165) is 15.4 Å². The average molecular weight is 324 g/mol. The summed E-state index contributed by atoms with van der Waals surface area (Å²) in [7, 11) is 0. The number of halogens is 1. The van der Waals surface area contributed by atoms with Crippen LogP contribution in [0.3, 0.4) is 0 Å². The third-order valence-corrected chi connectivity index (χ3v) is 5.38. The van der Waals surface area contributed by atoms with Gasteiger partial charge in [0, 0.05) is 15.4 Å². The number of carbonyl (C=O) groups excluding carboxylic acids is 1. The third-order valence-electron chi connectivity index (χ3n) is 4.23. The van der Waals surface area contributed by atoms with Crippen molar-refractivity contribution in [2.75, 3.05) is 0 Å². The van der Waals surface area contributed by atoms with Crippen molar-refractivity contribution < 1.29 is 9.18 Å². The zero-order valence-electron chi connectivity index (χ0n) is 12.7. The maximum atomic E-state index is 13.8. The van der Waals surface area contributed by atoms with Gasteiger partial charge in [-0.25, -0.2) is 4.39 Å². The van der Waals surface area contributed by atoms with Crippen molar-refractivity contribution in [1.29, 1.82) is 0 Å². The molecule has 0 atom stereocenters. The number of carbonyl (C=O) groups is 1. The van der Waals surface area contributed by atoms with E-state index in [9.17, 15) is 9.18 Å². The van der Waals surface area contributed by atoms with Crippen molar-refractivity contribution in [2.45, 2.75) is 28.0 Å². The van der Waals surface area contributed by atoms with Crippen molar-refractivity contribution in [3.63, 3.8) is 0 Å². The van der Waals surface area contributed by atoms with Crippen LogP contribution in [0.5, 0.6) is 0 Å². The molecule has 1 aliphatic heterocycles. The predicted octanol–water partition coefficient (Wildman–Crippen LogP) is 5.56. The number of Topliss-reactive ketones (excluding diaryl/α,β-unsaturated/α-hetero) is 1. The number of hydrogen-bond acceptors (Lipinski definition) is 2. The average Bonchev–Trinajstić information content (AvgIpc) is 2.64. The summed E-state index contributed by atoms with van der Waals surface area (Å²) in [5.41, 5.74) is 0.632. The van der Waals surface area contributed by atoms with E-state index in [4.69, 9.17) is 0 Å². The molecule has 0 fully saturated rings. The second-order valence-corrected chi connectivity index (χ2v) is 6.72. The van der Waals surface area contributed by atoms with Crippen molar-refractivity contribution in [1.82, 2.24) is 0 Å². The van der Waals surface area contributed by atoms with E-state index in [-0.39, 0.29) is 5.78 Å². The highest BCUT2D eigenvalue weighted by Gasteiger charge is 2.42. The van der Waals surface area contributed by atoms with E-state index in [0.29, 0.717) is 18.4 Å². The van der Waals surface area contributed by atoms with Crippen LogP contribution in [0.25, 0.3) is 0 Å². The second kappa shape index (κ2) is 6.17. The van der Waals surface area contributed by atoms with Gasteiger partial charge in [0.2, 0.25) is 0 Å². The molecule has 0 saturated heterocycles. The molecular weight excluding hydrogens is 307 g/mol. The van der Waals surface area contributed by atoms with Crippen LogP contribution in [-0.2, 0) is 5.41 Å². The van der Waals surface area contributed by atoms with Gasteiger partial charge in [-0.05, 0) is 42.7 Å². The van der Waals surface area contributed by atoms with Gasteiger partial charge in [0.05, 0.1) is 5.41 Å². The van der Waals surface area contributed by atoms with Crippen molar-refractivity contribution in [3.8, 4) is 0 Å². The van der Waals surface area contributed by atoms with Gasteiger partial charge in [0.15, 0.2) is 5.78 Å². The minimum Gasteiger partial charge on any atom is -0.293 e. The van der Waals surface area contributed by atoms with Crippen LogP contribution in [0, 0.1) is 5.82 Å². The molecular formula is C20H17FOS. The third kappa shape index (κ3) is 2.55. The van der Waals surface area contributed by atoms with E-state index < -0.39 is 11.2 Å². The molecule has 0 aliphatic carbocycles. The summed E-state index contributed by atoms with van der Waals surface area (Å²) in [5.74, 6) is -0.459. The SMILES string of the molecule is C=CCC1(CC=C)C(=O)c2cc(F)ccc2Sc2ccccc21. The van der Waals surface area contributed by atoms with Gasteiger partial charge in [-0.3, -0.25) is 4.79 Å². The molecule has 0 spiro atoms. The lowest BCUT2D eigenvalue weighted by Gasteiger charge is -2.31. The first-order valence-corrected chi connectivity index (χ1v) is 8.27. The summed E-state index contributed by atoms with van der Waals surface area (Å²) in [5, 5.41) is 0. The number of benzene rings is 2. The monoisotopic (exact) mass is 324 g/mol. The number of ketones is 1. The van der Waals surface area contributed by atoms with Crippen LogP contribution < -0.4 is 0 Å². The fourth-order valence-corrected chi connectivity index (χ4v) is 4.35.